The van der Waals surface area contributed by atoms with Crippen molar-refractivity contribution in [1.82, 2.24) is 0 Å². The number of alkyl halides is 2. The highest BCUT2D eigenvalue weighted by Gasteiger charge is 2.78. The molecule has 0 aliphatic heterocycles. The fourth-order valence-electron chi connectivity index (χ4n) is 7.83. The molecule has 1 aromatic heterocycles. The van der Waals surface area contributed by atoms with Gasteiger partial charge in [-0.2, -0.15) is 0 Å². The minimum absolute atomic E-state index is 0.0261. The zero-order chi connectivity index (χ0) is 25.6. The highest BCUT2D eigenvalue weighted by molar-refractivity contribution is 7.96. The molecule has 4 aliphatic rings. The van der Waals surface area contributed by atoms with Crippen LogP contribution in [0.15, 0.2) is 46.6 Å². The number of rotatable bonds is 3. The van der Waals surface area contributed by atoms with Crippen molar-refractivity contribution < 1.29 is 37.4 Å². The Kier molecular flexibility index (Phi) is 5.32. The zero-order valence-corrected chi connectivity index (χ0v) is 20.6. The summed E-state index contributed by atoms with van der Waals surface area (Å²) in [5.41, 5.74) is -6.80. The van der Waals surface area contributed by atoms with Crippen LogP contribution in [0.5, 0.6) is 0 Å². The molecular formula is C26H28F2O6S. The first-order valence-electron chi connectivity index (χ1n) is 11.8. The molecule has 1 aromatic rings. The van der Waals surface area contributed by atoms with Crippen molar-refractivity contribution in [3.63, 3.8) is 0 Å². The molecule has 3 fully saturated rings. The van der Waals surface area contributed by atoms with Crippen molar-refractivity contribution in [3.8, 4) is 0 Å². The molecule has 188 valence electrons. The van der Waals surface area contributed by atoms with E-state index in [1.165, 1.54) is 37.5 Å². The van der Waals surface area contributed by atoms with Crippen LogP contribution in [0.2, 0.25) is 0 Å². The lowest BCUT2D eigenvalue weighted by atomic mass is 9.44. The first-order chi connectivity index (χ1) is 16.3. The van der Waals surface area contributed by atoms with Gasteiger partial charge in [0.25, 0.3) is 0 Å². The van der Waals surface area contributed by atoms with E-state index in [9.17, 15) is 19.5 Å². The third-order valence-electron chi connectivity index (χ3n) is 9.46. The summed E-state index contributed by atoms with van der Waals surface area (Å²) >= 11 is 4.11. The summed E-state index contributed by atoms with van der Waals surface area (Å²) in [7, 11) is 0. The summed E-state index contributed by atoms with van der Waals surface area (Å²) in [4.78, 5) is 38.0. The molecule has 0 aromatic carbocycles. The van der Waals surface area contributed by atoms with Crippen LogP contribution in [0.4, 0.5) is 8.78 Å². The number of aliphatic hydroxyl groups is 1. The number of fused-ring (bicyclic) bond motifs is 5. The molecule has 0 radical (unpaired) electrons. The Balaban J connectivity index is 1.62. The minimum atomic E-state index is -2.29. The number of allylic oxidation sites excluding steroid dienone is 4. The molecule has 6 nitrogen and oxygen atoms in total. The number of furan rings is 1. The van der Waals surface area contributed by atoms with Gasteiger partial charge in [-0.05, 0) is 62.0 Å². The van der Waals surface area contributed by atoms with Gasteiger partial charge in [0.05, 0.1) is 12.4 Å². The van der Waals surface area contributed by atoms with Crippen LogP contribution >= 0.6 is 12.6 Å². The van der Waals surface area contributed by atoms with E-state index in [1.807, 2.05) is 0 Å². The molecule has 4 aliphatic carbocycles. The molecule has 0 spiro atoms. The van der Waals surface area contributed by atoms with Crippen LogP contribution < -0.4 is 0 Å². The van der Waals surface area contributed by atoms with E-state index in [0.717, 1.165) is 6.08 Å². The lowest BCUT2D eigenvalue weighted by Gasteiger charge is -2.63. The Morgan fingerprint density at radius 2 is 1.97 bits per heavy atom. The molecule has 9 heteroatoms. The molecule has 35 heavy (non-hydrogen) atoms. The summed E-state index contributed by atoms with van der Waals surface area (Å²) in [6, 6.07) is 2.91. The molecule has 3 saturated carbocycles. The number of halogens is 2. The van der Waals surface area contributed by atoms with Gasteiger partial charge in [0, 0.05) is 22.7 Å². The van der Waals surface area contributed by atoms with Crippen LogP contribution in [-0.2, 0) is 14.3 Å². The maximum Gasteiger partial charge on any atom is 0.375 e. The van der Waals surface area contributed by atoms with Crippen molar-refractivity contribution >= 4 is 29.5 Å². The largest absolute Gasteiger partial charge is 0.457 e. The molecule has 0 saturated heterocycles. The zero-order valence-electron chi connectivity index (χ0n) is 19.7. The molecule has 0 bridgehead atoms. The molecule has 0 amide bonds. The lowest BCUT2D eigenvalue weighted by molar-refractivity contribution is -0.221. The first-order valence-corrected chi connectivity index (χ1v) is 12.2. The summed E-state index contributed by atoms with van der Waals surface area (Å²) in [6.07, 6.45) is 1.58. The van der Waals surface area contributed by atoms with Gasteiger partial charge in [-0.15, -0.1) is 12.6 Å². The number of hydrogen-bond acceptors (Lipinski definition) is 6. The van der Waals surface area contributed by atoms with Gasteiger partial charge in [0.1, 0.15) is 6.17 Å². The summed E-state index contributed by atoms with van der Waals surface area (Å²) in [6.45, 7) is 4.93. The Bertz CT molecular complexity index is 1160. The fourth-order valence-corrected chi connectivity index (χ4v) is 8.35. The molecular weight excluding hydrogens is 478 g/mol. The van der Waals surface area contributed by atoms with Crippen LogP contribution in [0.3, 0.4) is 0 Å². The maximum atomic E-state index is 17.3. The Morgan fingerprint density at radius 3 is 2.60 bits per heavy atom. The number of esters is 1. The van der Waals surface area contributed by atoms with E-state index in [0.29, 0.717) is 0 Å². The van der Waals surface area contributed by atoms with Crippen molar-refractivity contribution in [1.29, 1.82) is 0 Å². The smallest absolute Gasteiger partial charge is 0.375 e. The molecule has 1 heterocycles. The second-order valence-electron chi connectivity index (χ2n) is 10.9. The molecule has 5 unspecified atom stereocenters. The van der Waals surface area contributed by atoms with E-state index in [-0.39, 0.29) is 30.6 Å². The Labute approximate surface area is 207 Å². The third-order valence-corrected chi connectivity index (χ3v) is 9.79. The van der Waals surface area contributed by atoms with Gasteiger partial charge in [0.2, 0.25) is 10.9 Å². The van der Waals surface area contributed by atoms with Gasteiger partial charge >= 0.3 is 5.97 Å². The highest BCUT2D eigenvalue weighted by Crippen LogP contribution is 2.71. The standard InChI is InChI=1S/C26H28F2O6S/c1-13-9-15-16-11-18(27)17-10-14(29)6-7-23(17,2)25(16,28)20(30)12-24(15,3)26(13,22(32)35)34-21(31)19-5-4-8-33-19/h4-8,10,13,15-16,18,20,30H,9,11-12H2,1-3H3,(H,32,35)/t13?,15?,16?,18-,20-,23?,24?,25-,26-/m0/s1. The monoisotopic (exact) mass is 506 g/mol. The quantitative estimate of drug-likeness (QED) is 0.472. The topological polar surface area (TPSA) is 93.8 Å². The average Bonchev–Trinajstić information content (AvgIpc) is 3.39. The lowest BCUT2D eigenvalue weighted by Crippen LogP contribution is -2.70. The van der Waals surface area contributed by atoms with Gasteiger partial charge in [-0.3, -0.25) is 9.59 Å². The maximum absolute atomic E-state index is 17.3. The van der Waals surface area contributed by atoms with Gasteiger partial charge in [-0.25, -0.2) is 13.6 Å². The Hall–Kier alpha value is -2.26. The molecule has 5 rings (SSSR count). The Morgan fingerprint density at radius 1 is 1.26 bits per heavy atom. The number of hydrogen-bond donors (Lipinski definition) is 2. The SMILES string of the molecule is CC1CC2C3C[C@H](F)C4=CC(=O)C=CC4(C)[C@@]3(F)[C@@H](O)CC2(C)[C@@]1(OC(=O)c1ccco1)C(=O)S. The third kappa shape index (κ3) is 2.88. The van der Waals surface area contributed by atoms with Crippen molar-refractivity contribution in [2.24, 2.45) is 28.6 Å². The van der Waals surface area contributed by atoms with Gasteiger partial charge in [0.15, 0.2) is 17.1 Å². The van der Waals surface area contributed by atoms with Crippen molar-refractivity contribution in [3.05, 3.63) is 48.0 Å². The fraction of sp³-hybridized carbons (Fsp3) is 0.577. The van der Waals surface area contributed by atoms with E-state index in [4.69, 9.17) is 9.15 Å². The second-order valence-corrected chi connectivity index (χ2v) is 11.3. The minimum Gasteiger partial charge on any atom is -0.457 e. The normalized spacial score (nSPS) is 46.3. The van der Waals surface area contributed by atoms with Crippen LogP contribution in [-0.4, -0.2) is 45.5 Å². The number of aliphatic hydroxyl groups excluding tert-OH is 1. The van der Waals surface area contributed by atoms with Crippen LogP contribution in [0.1, 0.15) is 50.6 Å². The van der Waals surface area contributed by atoms with Crippen LogP contribution in [0, 0.1) is 28.6 Å². The highest BCUT2D eigenvalue weighted by atomic mass is 32.1. The number of carbonyl (C=O) groups excluding carboxylic acids is 3. The van der Waals surface area contributed by atoms with Gasteiger partial charge < -0.3 is 14.3 Å². The van der Waals surface area contributed by atoms with E-state index >= 15 is 8.78 Å². The van der Waals surface area contributed by atoms with Crippen LogP contribution in [0.25, 0.3) is 0 Å². The van der Waals surface area contributed by atoms with E-state index in [2.05, 4.69) is 12.6 Å². The van der Waals surface area contributed by atoms with E-state index < -0.39 is 69.0 Å². The second kappa shape index (κ2) is 7.62. The molecule has 1 N–H and O–H groups in total. The van der Waals surface area contributed by atoms with Crippen molar-refractivity contribution in [2.45, 2.75) is 63.6 Å². The average molecular weight is 507 g/mol. The molecule has 9 atom stereocenters. The number of thiol groups is 1. The predicted molar refractivity (Wildman–Crippen MR) is 124 cm³/mol. The summed E-state index contributed by atoms with van der Waals surface area (Å²) in [5, 5.41) is 10.7. The number of ether oxygens (including phenoxy) is 1. The predicted octanol–water partition coefficient (Wildman–Crippen LogP) is 4.20. The first kappa shape index (κ1) is 24.4. The number of carbonyl (C=O) groups is 3. The summed E-state index contributed by atoms with van der Waals surface area (Å²) < 4.78 is 43.8. The van der Waals surface area contributed by atoms with Crippen molar-refractivity contribution in [2.75, 3.05) is 0 Å². The van der Waals surface area contributed by atoms with E-state index in [1.54, 1.807) is 13.8 Å². The number of ketones is 1. The van der Waals surface area contributed by atoms with Gasteiger partial charge in [-0.1, -0.05) is 19.9 Å². The summed E-state index contributed by atoms with van der Waals surface area (Å²) in [5.74, 6) is -3.57.